The van der Waals surface area contributed by atoms with Gasteiger partial charge in [0.15, 0.2) is 0 Å². The summed E-state index contributed by atoms with van der Waals surface area (Å²) in [5.74, 6) is 2.23. The summed E-state index contributed by atoms with van der Waals surface area (Å²) in [6, 6.07) is 10.2. The highest BCUT2D eigenvalue weighted by molar-refractivity contribution is 9.10. The summed E-state index contributed by atoms with van der Waals surface area (Å²) in [6.45, 7) is 1.67. The Bertz CT molecular complexity index is 612. The molecule has 1 unspecified atom stereocenters. The third-order valence-electron chi connectivity index (χ3n) is 3.68. The molecule has 4 nitrogen and oxygen atoms in total. The molecule has 0 spiro atoms. The van der Waals surface area contributed by atoms with Crippen molar-refractivity contribution in [3.8, 4) is 11.3 Å². The highest BCUT2D eigenvalue weighted by atomic mass is 79.9. The molecule has 1 aromatic heterocycles. The maximum atomic E-state index is 5.44. The van der Waals surface area contributed by atoms with Crippen molar-refractivity contribution in [2.45, 2.75) is 12.8 Å². The number of rotatable bonds is 4. The molecule has 110 valence electrons. The van der Waals surface area contributed by atoms with Gasteiger partial charge in [-0.2, -0.15) is 0 Å². The highest BCUT2D eigenvalue weighted by Gasteiger charge is 2.20. The summed E-state index contributed by atoms with van der Waals surface area (Å²) in [5.41, 5.74) is 2.02. The van der Waals surface area contributed by atoms with Crippen LogP contribution in [0.5, 0.6) is 0 Å². The smallest absolute Gasteiger partial charge is 0.144 e. The quantitative estimate of drug-likeness (QED) is 0.918. The Kier molecular flexibility index (Phi) is 4.51. The van der Waals surface area contributed by atoms with Gasteiger partial charge in [-0.1, -0.05) is 30.3 Å². The zero-order valence-corrected chi connectivity index (χ0v) is 13.6. The lowest BCUT2D eigenvalue weighted by atomic mass is 10.0. The summed E-state index contributed by atoms with van der Waals surface area (Å²) in [5, 5.41) is 3.14. The topological polar surface area (TPSA) is 47.0 Å². The number of hydrogen-bond donors (Lipinski definition) is 1. The minimum atomic E-state index is 0.527. The molecule has 0 amide bonds. The first kappa shape index (κ1) is 14.5. The second-order valence-electron chi connectivity index (χ2n) is 5.20. The standard InChI is InChI=1S/C16H18BrN3O/c1-18-16-14(17)15(12-5-3-2-4-6-12)19-13(20-16)9-11-7-8-21-10-11/h2-6,11H,7-10H2,1H3,(H,18,19,20). The van der Waals surface area contributed by atoms with Gasteiger partial charge in [0.2, 0.25) is 0 Å². The van der Waals surface area contributed by atoms with Crippen LogP contribution in [0.1, 0.15) is 12.2 Å². The van der Waals surface area contributed by atoms with Crippen LogP contribution < -0.4 is 5.32 Å². The molecule has 2 heterocycles. The fraction of sp³-hybridized carbons (Fsp3) is 0.375. The molecular formula is C16H18BrN3O. The van der Waals surface area contributed by atoms with Gasteiger partial charge in [0, 0.05) is 32.2 Å². The van der Waals surface area contributed by atoms with Gasteiger partial charge in [-0.3, -0.25) is 0 Å². The average Bonchev–Trinajstić information content (AvgIpc) is 3.02. The van der Waals surface area contributed by atoms with E-state index in [1.807, 2.05) is 25.2 Å². The van der Waals surface area contributed by atoms with Crippen molar-refractivity contribution in [1.29, 1.82) is 0 Å². The van der Waals surface area contributed by atoms with Gasteiger partial charge in [0.05, 0.1) is 10.2 Å². The molecule has 0 radical (unpaired) electrons. The Morgan fingerprint density at radius 2 is 2.10 bits per heavy atom. The first-order chi connectivity index (χ1) is 10.3. The molecule has 1 aromatic carbocycles. The van der Waals surface area contributed by atoms with Crippen LogP contribution in [0.15, 0.2) is 34.8 Å². The zero-order valence-electron chi connectivity index (χ0n) is 12.0. The maximum absolute atomic E-state index is 5.44. The number of nitrogens with one attached hydrogen (secondary N) is 1. The fourth-order valence-electron chi connectivity index (χ4n) is 2.54. The molecule has 0 aliphatic carbocycles. The Labute approximate surface area is 133 Å². The minimum absolute atomic E-state index is 0.527. The molecule has 2 aromatic rings. The van der Waals surface area contributed by atoms with Gasteiger partial charge in [-0.05, 0) is 28.3 Å². The lowest BCUT2D eigenvalue weighted by Crippen LogP contribution is -2.10. The summed E-state index contributed by atoms with van der Waals surface area (Å²) < 4.78 is 6.35. The van der Waals surface area contributed by atoms with Crippen molar-refractivity contribution in [2.75, 3.05) is 25.6 Å². The Morgan fingerprint density at radius 1 is 1.29 bits per heavy atom. The van der Waals surface area contributed by atoms with Crippen LogP contribution >= 0.6 is 15.9 Å². The third-order valence-corrected chi connectivity index (χ3v) is 4.43. The Hall–Kier alpha value is -1.46. The van der Waals surface area contributed by atoms with Crippen molar-refractivity contribution in [3.63, 3.8) is 0 Å². The molecule has 1 saturated heterocycles. The lowest BCUT2D eigenvalue weighted by Gasteiger charge is -2.13. The number of nitrogens with zero attached hydrogens (tertiary/aromatic N) is 2. The number of ether oxygens (including phenoxy) is 1. The first-order valence-electron chi connectivity index (χ1n) is 7.15. The van der Waals surface area contributed by atoms with Crippen LogP contribution in [0.25, 0.3) is 11.3 Å². The Balaban J connectivity index is 1.98. The van der Waals surface area contributed by atoms with E-state index in [9.17, 15) is 0 Å². The van der Waals surface area contributed by atoms with Crippen molar-refractivity contribution in [1.82, 2.24) is 9.97 Å². The summed E-state index contributed by atoms with van der Waals surface area (Å²) in [7, 11) is 1.88. The lowest BCUT2D eigenvalue weighted by molar-refractivity contribution is 0.185. The van der Waals surface area contributed by atoms with E-state index < -0.39 is 0 Å². The number of hydrogen-bond acceptors (Lipinski definition) is 4. The normalized spacial score (nSPS) is 17.9. The van der Waals surface area contributed by atoms with Gasteiger partial charge < -0.3 is 10.1 Å². The monoisotopic (exact) mass is 347 g/mol. The molecule has 1 atom stereocenters. The van der Waals surface area contributed by atoms with E-state index in [-0.39, 0.29) is 0 Å². The van der Waals surface area contributed by atoms with Crippen molar-refractivity contribution in [2.24, 2.45) is 5.92 Å². The van der Waals surface area contributed by atoms with E-state index >= 15 is 0 Å². The molecule has 1 N–H and O–H groups in total. The zero-order chi connectivity index (χ0) is 14.7. The molecule has 1 aliphatic heterocycles. The van der Waals surface area contributed by atoms with Gasteiger partial charge in [-0.15, -0.1) is 0 Å². The van der Waals surface area contributed by atoms with Crippen LogP contribution in [0.3, 0.4) is 0 Å². The molecule has 3 rings (SSSR count). The molecule has 0 saturated carbocycles. The molecule has 5 heteroatoms. The second-order valence-corrected chi connectivity index (χ2v) is 5.99. The molecule has 1 fully saturated rings. The first-order valence-corrected chi connectivity index (χ1v) is 7.94. The van der Waals surface area contributed by atoms with Crippen LogP contribution in [0.4, 0.5) is 5.82 Å². The molecular weight excluding hydrogens is 330 g/mol. The predicted molar refractivity (Wildman–Crippen MR) is 87.3 cm³/mol. The fourth-order valence-corrected chi connectivity index (χ4v) is 3.14. The van der Waals surface area contributed by atoms with Gasteiger partial charge in [-0.25, -0.2) is 9.97 Å². The van der Waals surface area contributed by atoms with E-state index in [1.54, 1.807) is 0 Å². The van der Waals surface area contributed by atoms with E-state index in [0.29, 0.717) is 5.92 Å². The van der Waals surface area contributed by atoms with Crippen LogP contribution in [-0.4, -0.2) is 30.2 Å². The second kappa shape index (κ2) is 6.54. The van der Waals surface area contributed by atoms with Crippen molar-refractivity contribution >= 4 is 21.7 Å². The summed E-state index contributed by atoms with van der Waals surface area (Å²) in [6.07, 6.45) is 1.96. The number of halogens is 1. The SMILES string of the molecule is CNc1nc(CC2CCOC2)nc(-c2ccccc2)c1Br. The van der Waals surface area contributed by atoms with E-state index in [4.69, 9.17) is 9.72 Å². The Morgan fingerprint density at radius 3 is 2.76 bits per heavy atom. The molecule has 0 bridgehead atoms. The average molecular weight is 348 g/mol. The summed E-state index contributed by atoms with van der Waals surface area (Å²) in [4.78, 5) is 9.38. The van der Waals surface area contributed by atoms with Crippen molar-refractivity contribution < 1.29 is 4.74 Å². The summed E-state index contributed by atoms with van der Waals surface area (Å²) >= 11 is 3.61. The largest absolute Gasteiger partial charge is 0.381 e. The van der Waals surface area contributed by atoms with E-state index in [1.165, 1.54) is 0 Å². The maximum Gasteiger partial charge on any atom is 0.144 e. The van der Waals surface area contributed by atoms with E-state index in [0.717, 1.165) is 53.4 Å². The van der Waals surface area contributed by atoms with Crippen LogP contribution in [0.2, 0.25) is 0 Å². The molecule has 21 heavy (non-hydrogen) atoms. The van der Waals surface area contributed by atoms with E-state index in [2.05, 4.69) is 38.4 Å². The van der Waals surface area contributed by atoms with Crippen molar-refractivity contribution in [3.05, 3.63) is 40.6 Å². The highest BCUT2D eigenvalue weighted by Crippen LogP contribution is 2.32. The van der Waals surface area contributed by atoms with Gasteiger partial charge in [0.25, 0.3) is 0 Å². The van der Waals surface area contributed by atoms with Crippen LogP contribution in [0, 0.1) is 5.92 Å². The van der Waals surface area contributed by atoms with Crippen LogP contribution in [-0.2, 0) is 11.2 Å². The molecule has 1 aliphatic rings. The predicted octanol–water partition coefficient (Wildman–Crippen LogP) is 3.53. The third kappa shape index (κ3) is 3.24. The van der Waals surface area contributed by atoms with Gasteiger partial charge in [0.1, 0.15) is 11.6 Å². The van der Waals surface area contributed by atoms with Gasteiger partial charge >= 0.3 is 0 Å². The number of benzene rings is 1. The number of aromatic nitrogens is 2. The minimum Gasteiger partial charge on any atom is -0.381 e. The number of anilines is 1.